The van der Waals surface area contributed by atoms with Gasteiger partial charge in [-0.05, 0) is 33.6 Å². The van der Waals surface area contributed by atoms with Gasteiger partial charge in [0.2, 0.25) is 11.9 Å². The third kappa shape index (κ3) is 2.32. The first kappa shape index (κ1) is 16.4. The average molecular weight is 417 g/mol. The van der Waals surface area contributed by atoms with Crippen LogP contribution in [-0.4, -0.2) is 32.1 Å². The Bertz CT molecular complexity index is 1190. The van der Waals surface area contributed by atoms with Crippen molar-refractivity contribution in [2.45, 2.75) is 13.1 Å². The SMILES string of the molecule is [C-]#[N+]c1ccc(F)cc1Cn1c(Br)nc2nc3n(c(=O)c21)CC(=O)N3C. The number of imidazole rings is 1. The standard InChI is InChI=1S/C16H10BrFN6O2/c1-19-10-4-3-9(18)5-8(10)6-23-12-13(20-15(23)17)21-16-22(2)11(25)7-24(16)14(12)26/h3-5H,6-7H2,2H3. The van der Waals surface area contributed by atoms with Crippen LogP contribution in [0.2, 0.25) is 0 Å². The van der Waals surface area contributed by atoms with Crippen LogP contribution >= 0.6 is 15.9 Å². The Morgan fingerprint density at radius 1 is 1.35 bits per heavy atom. The number of aromatic nitrogens is 4. The van der Waals surface area contributed by atoms with Crippen molar-refractivity contribution < 1.29 is 9.18 Å². The zero-order chi connectivity index (χ0) is 18.6. The second-order valence-corrected chi connectivity index (χ2v) is 6.49. The van der Waals surface area contributed by atoms with Gasteiger partial charge in [-0.25, -0.2) is 14.2 Å². The summed E-state index contributed by atoms with van der Waals surface area (Å²) in [5.74, 6) is -0.485. The van der Waals surface area contributed by atoms with Gasteiger partial charge in [-0.15, -0.1) is 0 Å². The Kier molecular flexibility index (Phi) is 3.62. The molecule has 0 saturated heterocycles. The highest BCUT2D eigenvalue weighted by atomic mass is 79.9. The van der Waals surface area contributed by atoms with E-state index in [4.69, 9.17) is 6.57 Å². The molecule has 0 bridgehead atoms. The minimum Gasteiger partial charge on any atom is -0.309 e. The molecule has 0 unspecified atom stereocenters. The van der Waals surface area contributed by atoms with Crippen molar-refractivity contribution in [1.29, 1.82) is 0 Å². The first-order chi connectivity index (χ1) is 12.4. The number of rotatable bonds is 2. The number of hydrogen-bond donors (Lipinski definition) is 0. The maximum absolute atomic E-state index is 13.6. The van der Waals surface area contributed by atoms with E-state index < -0.39 is 11.4 Å². The molecule has 130 valence electrons. The molecule has 8 nitrogen and oxygen atoms in total. The van der Waals surface area contributed by atoms with Crippen molar-refractivity contribution in [2.24, 2.45) is 0 Å². The number of carbonyl (C=O) groups is 1. The van der Waals surface area contributed by atoms with Gasteiger partial charge in [-0.2, -0.15) is 4.98 Å². The minimum atomic E-state index is -0.476. The molecule has 1 aliphatic heterocycles. The molecule has 0 atom stereocenters. The van der Waals surface area contributed by atoms with Crippen molar-refractivity contribution in [3.63, 3.8) is 0 Å². The molecule has 0 spiro atoms. The summed E-state index contributed by atoms with van der Waals surface area (Å²) in [6.07, 6.45) is 0. The van der Waals surface area contributed by atoms with Gasteiger partial charge in [0.1, 0.15) is 12.4 Å². The highest BCUT2D eigenvalue weighted by Gasteiger charge is 2.29. The summed E-state index contributed by atoms with van der Waals surface area (Å²) in [4.78, 5) is 38.0. The maximum Gasteiger partial charge on any atom is 0.281 e. The zero-order valence-electron chi connectivity index (χ0n) is 13.4. The quantitative estimate of drug-likeness (QED) is 0.473. The van der Waals surface area contributed by atoms with Crippen molar-refractivity contribution in [1.82, 2.24) is 19.1 Å². The van der Waals surface area contributed by atoms with E-state index in [1.54, 1.807) is 7.05 Å². The van der Waals surface area contributed by atoms with E-state index in [1.807, 2.05) is 0 Å². The number of likely N-dealkylation sites (N-methyl/N-ethyl adjacent to an activating group) is 1. The number of fused-ring (bicyclic) bond motifs is 2. The van der Waals surface area contributed by atoms with E-state index in [9.17, 15) is 14.0 Å². The van der Waals surface area contributed by atoms with Crippen LogP contribution in [0.25, 0.3) is 16.0 Å². The van der Waals surface area contributed by atoms with Crippen LogP contribution in [-0.2, 0) is 17.9 Å². The smallest absolute Gasteiger partial charge is 0.281 e. The lowest BCUT2D eigenvalue weighted by Gasteiger charge is -2.10. The fraction of sp³-hybridized carbons (Fsp3) is 0.188. The summed E-state index contributed by atoms with van der Waals surface area (Å²) < 4.78 is 16.7. The number of nitrogens with zero attached hydrogens (tertiary/aromatic N) is 6. The molecule has 10 heteroatoms. The molecular formula is C16H10BrFN6O2. The molecule has 1 amide bonds. The second kappa shape index (κ2) is 5.74. The lowest BCUT2D eigenvalue weighted by atomic mass is 10.1. The highest BCUT2D eigenvalue weighted by Crippen LogP contribution is 2.26. The van der Waals surface area contributed by atoms with Crippen LogP contribution in [0.5, 0.6) is 0 Å². The van der Waals surface area contributed by atoms with Gasteiger partial charge in [0.05, 0.1) is 6.57 Å². The molecule has 1 aliphatic rings. The summed E-state index contributed by atoms with van der Waals surface area (Å²) in [6.45, 7) is 7.20. The van der Waals surface area contributed by atoms with Gasteiger partial charge in [0.25, 0.3) is 5.56 Å². The number of anilines is 1. The summed E-state index contributed by atoms with van der Waals surface area (Å²) in [5.41, 5.74) is 0.642. The molecule has 3 aromatic rings. The fourth-order valence-electron chi connectivity index (χ4n) is 2.93. The number of amides is 1. The maximum atomic E-state index is 13.6. The van der Waals surface area contributed by atoms with Gasteiger partial charge in [0.15, 0.2) is 21.6 Å². The van der Waals surface area contributed by atoms with Crippen LogP contribution < -0.4 is 10.5 Å². The van der Waals surface area contributed by atoms with E-state index in [1.165, 1.54) is 32.2 Å². The van der Waals surface area contributed by atoms with Gasteiger partial charge in [-0.3, -0.25) is 19.1 Å². The molecule has 2 aromatic heterocycles. The van der Waals surface area contributed by atoms with E-state index in [2.05, 4.69) is 30.7 Å². The first-order valence-corrected chi connectivity index (χ1v) is 8.29. The van der Waals surface area contributed by atoms with E-state index in [0.29, 0.717) is 10.3 Å². The molecule has 0 fully saturated rings. The lowest BCUT2D eigenvalue weighted by molar-refractivity contribution is -0.117. The first-order valence-electron chi connectivity index (χ1n) is 7.49. The van der Waals surface area contributed by atoms with Crippen molar-refractivity contribution in [2.75, 3.05) is 11.9 Å². The summed E-state index contributed by atoms with van der Waals surface area (Å²) >= 11 is 3.29. The predicted molar refractivity (Wildman–Crippen MR) is 94.7 cm³/mol. The third-order valence-corrected chi connectivity index (χ3v) is 4.86. The van der Waals surface area contributed by atoms with E-state index in [0.717, 1.165) is 0 Å². The number of hydrogen-bond acceptors (Lipinski definition) is 4. The monoisotopic (exact) mass is 416 g/mol. The second-order valence-electron chi connectivity index (χ2n) is 5.78. The Labute approximate surface area is 154 Å². The Morgan fingerprint density at radius 2 is 2.12 bits per heavy atom. The Hall–Kier alpha value is -3.06. The average Bonchev–Trinajstić information content (AvgIpc) is 3.07. The number of halogens is 2. The van der Waals surface area contributed by atoms with E-state index >= 15 is 0 Å². The number of carbonyl (C=O) groups excluding carboxylic acids is 1. The van der Waals surface area contributed by atoms with Gasteiger partial charge in [-0.1, -0.05) is 6.07 Å². The van der Waals surface area contributed by atoms with Crippen LogP contribution in [0.15, 0.2) is 27.7 Å². The highest BCUT2D eigenvalue weighted by molar-refractivity contribution is 9.10. The van der Waals surface area contributed by atoms with Crippen LogP contribution in [0, 0.1) is 12.4 Å². The van der Waals surface area contributed by atoms with Crippen LogP contribution in [0.4, 0.5) is 16.0 Å². The third-order valence-electron chi connectivity index (χ3n) is 4.26. The summed E-state index contributed by atoms with van der Waals surface area (Å²) in [5, 5.41) is 0. The van der Waals surface area contributed by atoms with Crippen LogP contribution in [0.3, 0.4) is 0 Å². The van der Waals surface area contributed by atoms with Crippen molar-refractivity contribution in [3.05, 3.63) is 56.1 Å². The molecule has 4 rings (SSSR count). The van der Waals surface area contributed by atoms with E-state index in [-0.39, 0.29) is 41.8 Å². The molecule has 26 heavy (non-hydrogen) atoms. The zero-order valence-corrected chi connectivity index (χ0v) is 15.0. The van der Waals surface area contributed by atoms with Gasteiger partial charge < -0.3 is 4.57 Å². The number of benzene rings is 1. The molecule has 3 heterocycles. The predicted octanol–water partition coefficient (Wildman–Crippen LogP) is 2.07. The van der Waals surface area contributed by atoms with Crippen molar-refractivity contribution in [3.8, 4) is 0 Å². The largest absolute Gasteiger partial charge is 0.309 e. The lowest BCUT2D eigenvalue weighted by Crippen LogP contribution is -2.22. The molecule has 0 saturated carbocycles. The molecule has 0 radical (unpaired) electrons. The van der Waals surface area contributed by atoms with Gasteiger partial charge in [0, 0.05) is 13.6 Å². The topological polar surface area (TPSA) is 77.4 Å². The summed E-state index contributed by atoms with van der Waals surface area (Å²) in [6, 6.07) is 3.85. The minimum absolute atomic E-state index is 0.0621. The Balaban J connectivity index is 1.93. The van der Waals surface area contributed by atoms with Crippen LogP contribution in [0.1, 0.15) is 5.56 Å². The fourth-order valence-corrected chi connectivity index (χ4v) is 3.40. The van der Waals surface area contributed by atoms with Gasteiger partial charge >= 0.3 is 0 Å². The Morgan fingerprint density at radius 3 is 2.85 bits per heavy atom. The molecule has 0 N–H and O–H groups in total. The molecule has 1 aromatic carbocycles. The molecule has 0 aliphatic carbocycles. The molecular weight excluding hydrogens is 407 g/mol. The summed E-state index contributed by atoms with van der Waals surface area (Å²) in [7, 11) is 1.54. The van der Waals surface area contributed by atoms with Crippen molar-refractivity contribution >= 4 is 44.6 Å². The normalized spacial score (nSPS) is 13.3.